The number of anilines is 1. The van der Waals surface area contributed by atoms with Crippen LogP contribution in [0.1, 0.15) is 22.8 Å². The number of nitrogens with one attached hydrogen (secondary N) is 1. The van der Waals surface area contributed by atoms with Gasteiger partial charge in [0.05, 0.1) is 0 Å². The van der Waals surface area contributed by atoms with Crippen molar-refractivity contribution in [3.8, 4) is 5.75 Å². The van der Waals surface area contributed by atoms with E-state index in [4.69, 9.17) is 9.47 Å². The average molecular weight is 407 g/mol. The van der Waals surface area contributed by atoms with Crippen LogP contribution in [0.4, 0.5) is 10.1 Å². The van der Waals surface area contributed by atoms with E-state index in [-0.39, 0.29) is 0 Å². The summed E-state index contributed by atoms with van der Waals surface area (Å²) in [7, 11) is 0. The van der Waals surface area contributed by atoms with Crippen molar-refractivity contribution in [3.05, 3.63) is 95.3 Å². The lowest BCUT2D eigenvalue weighted by Gasteiger charge is -2.19. The van der Waals surface area contributed by atoms with Gasteiger partial charge in [-0.1, -0.05) is 42.5 Å². The van der Waals surface area contributed by atoms with E-state index < -0.39 is 30.4 Å². The van der Waals surface area contributed by atoms with Gasteiger partial charge in [-0.3, -0.25) is 4.79 Å². The fourth-order valence-corrected chi connectivity index (χ4v) is 2.81. The van der Waals surface area contributed by atoms with Crippen molar-refractivity contribution < 1.29 is 23.5 Å². The van der Waals surface area contributed by atoms with Crippen LogP contribution in [0.2, 0.25) is 0 Å². The van der Waals surface area contributed by atoms with Crippen molar-refractivity contribution in [2.45, 2.75) is 20.0 Å². The molecule has 1 N–H and O–H groups in total. The molecule has 1 atom stereocenters. The zero-order valence-corrected chi connectivity index (χ0v) is 16.7. The summed E-state index contributed by atoms with van der Waals surface area (Å²) >= 11 is 0. The van der Waals surface area contributed by atoms with Gasteiger partial charge in [0.25, 0.3) is 5.91 Å². The number of rotatable bonds is 7. The molecule has 0 aliphatic carbocycles. The normalized spacial score (nSPS) is 11.4. The second kappa shape index (κ2) is 9.69. The SMILES string of the molecule is Cc1ccc(C)c(NC(=O)C(OC(=O)COc2ccc(F)cc2)c2ccccc2)c1. The predicted octanol–water partition coefficient (Wildman–Crippen LogP) is 4.74. The molecule has 0 aromatic heterocycles. The number of aryl methyl sites for hydroxylation is 2. The number of halogens is 1. The minimum absolute atomic E-state index is 0.324. The molecule has 0 radical (unpaired) electrons. The van der Waals surface area contributed by atoms with Gasteiger partial charge in [0.2, 0.25) is 6.10 Å². The number of hydrogen-bond acceptors (Lipinski definition) is 4. The first-order valence-electron chi connectivity index (χ1n) is 9.43. The third kappa shape index (κ3) is 5.67. The molecule has 3 aromatic carbocycles. The lowest BCUT2D eigenvalue weighted by Crippen LogP contribution is -2.28. The van der Waals surface area contributed by atoms with E-state index in [1.165, 1.54) is 24.3 Å². The van der Waals surface area contributed by atoms with Gasteiger partial charge in [-0.25, -0.2) is 9.18 Å². The lowest BCUT2D eigenvalue weighted by atomic mass is 10.1. The Balaban J connectivity index is 1.72. The van der Waals surface area contributed by atoms with E-state index in [2.05, 4.69) is 5.32 Å². The number of hydrogen-bond donors (Lipinski definition) is 1. The van der Waals surface area contributed by atoms with Gasteiger partial charge in [0.15, 0.2) is 6.61 Å². The van der Waals surface area contributed by atoms with Crippen LogP contribution < -0.4 is 10.1 Å². The van der Waals surface area contributed by atoms with Gasteiger partial charge < -0.3 is 14.8 Å². The van der Waals surface area contributed by atoms with Gasteiger partial charge in [-0.15, -0.1) is 0 Å². The molecule has 3 aromatic rings. The summed E-state index contributed by atoms with van der Waals surface area (Å²) < 4.78 is 23.7. The quantitative estimate of drug-likeness (QED) is 0.575. The maximum absolute atomic E-state index is 13.0. The second-order valence-corrected chi connectivity index (χ2v) is 6.83. The molecule has 0 heterocycles. The standard InChI is InChI=1S/C24H22FNO4/c1-16-8-9-17(2)21(14-16)26-24(28)23(18-6-4-3-5-7-18)30-22(27)15-29-20-12-10-19(25)11-13-20/h3-14,23H,15H2,1-2H3,(H,26,28). The van der Waals surface area contributed by atoms with E-state index in [0.29, 0.717) is 17.0 Å². The maximum Gasteiger partial charge on any atom is 0.345 e. The van der Waals surface area contributed by atoms with Crippen molar-refractivity contribution in [2.24, 2.45) is 0 Å². The Morgan fingerprint density at radius 1 is 0.967 bits per heavy atom. The Hall–Kier alpha value is -3.67. The van der Waals surface area contributed by atoms with Crippen LogP contribution in [-0.4, -0.2) is 18.5 Å². The molecule has 0 spiro atoms. The first-order chi connectivity index (χ1) is 14.4. The molecule has 0 saturated carbocycles. The maximum atomic E-state index is 13.0. The van der Waals surface area contributed by atoms with Crippen molar-refractivity contribution in [1.82, 2.24) is 0 Å². The Labute approximate surface area is 174 Å². The average Bonchev–Trinajstić information content (AvgIpc) is 2.74. The van der Waals surface area contributed by atoms with E-state index in [9.17, 15) is 14.0 Å². The minimum Gasteiger partial charge on any atom is -0.482 e. The number of amides is 1. The van der Waals surface area contributed by atoms with Crippen LogP contribution in [0.3, 0.4) is 0 Å². The summed E-state index contributed by atoms with van der Waals surface area (Å²) in [6, 6.07) is 19.7. The Morgan fingerprint density at radius 3 is 2.37 bits per heavy atom. The van der Waals surface area contributed by atoms with Crippen LogP contribution in [-0.2, 0) is 14.3 Å². The van der Waals surface area contributed by atoms with Gasteiger partial charge in [0.1, 0.15) is 11.6 Å². The molecule has 1 unspecified atom stereocenters. The highest BCUT2D eigenvalue weighted by atomic mass is 19.1. The topological polar surface area (TPSA) is 64.6 Å². The third-order valence-corrected chi connectivity index (χ3v) is 4.41. The largest absolute Gasteiger partial charge is 0.482 e. The molecule has 0 saturated heterocycles. The molecule has 0 aliphatic rings. The van der Waals surface area contributed by atoms with Crippen LogP contribution in [0.15, 0.2) is 72.8 Å². The molecular weight excluding hydrogens is 385 g/mol. The van der Waals surface area contributed by atoms with Gasteiger partial charge in [-0.05, 0) is 55.3 Å². The fourth-order valence-electron chi connectivity index (χ4n) is 2.81. The Bertz CT molecular complexity index is 1020. The highest BCUT2D eigenvalue weighted by Crippen LogP contribution is 2.23. The predicted molar refractivity (Wildman–Crippen MR) is 112 cm³/mol. The molecular formula is C24H22FNO4. The van der Waals surface area contributed by atoms with Crippen LogP contribution >= 0.6 is 0 Å². The summed E-state index contributed by atoms with van der Waals surface area (Å²) in [6.45, 7) is 3.40. The van der Waals surface area contributed by atoms with Crippen LogP contribution in [0, 0.1) is 19.7 Å². The van der Waals surface area contributed by atoms with E-state index in [1.54, 1.807) is 24.3 Å². The van der Waals surface area contributed by atoms with Crippen molar-refractivity contribution in [2.75, 3.05) is 11.9 Å². The number of carbonyl (C=O) groups excluding carboxylic acids is 2. The van der Waals surface area contributed by atoms with Crippen molar-refractivity contribution >= 4 is 17.6 Å². The number of carbonyl (C=O) groups is 2. The summed E-state index contributed by atoms with van der Waals surface area (Å²) in [5.74, 6) is -1.27. The summed E-state index contributed by atoms with van der Waals surface area (Å²) in [4.78, 5) is 25.3. The zero-order chi connectivity index (χ0) is 21.5. The number of ether oxygens (including phenoxy) is 2. The van der Waals surface area contributed by atoms with E-state index in [0.717, 1.165) is 11.1 Å². The van der Waals surface area contributed by atoms with Crippen LogP contribution in [0.25, 0.3) is 0 Å². The minimum atomic E-state index is -1.14. The summed E-state index contributed by atoms with van der Waals surface area (Å²) in [5, 5.41) is 2.84. The molecule has 0 aliphatic heterocycles. The molecule has 6 heteroatoms. The fraction of sp³-hybridized carbons (Fsp3) is 0.167. The van der Waals surface area contributed by atoms with Gasteiger partial charge in [-0.2, -0.15) is 0 Å². The molecule has 0 fully saturated rings. The lowest BCUT2D eigenvalue weighted by molar-refractivity contribution is -0.156. The number of benzene rings is 3. The van der Waals surface area contributed by atoms with Crippen LogP contribution in [0.5, 0.6) is 5.75 Å². The molecule has 1 amide bonds. The Kier molecular flexibility index (Phi) is 6.80. The molecule has 154 valence electrons. The monoisotopic (exact) mass is 407 g/mol. The summed E-state index contributed by atoms with van der Waals surface area (Å²) in [6.07, 6.45) is -1.14. The highest BCUT2D eigenvalue weighted by molar-refractivity contribution is 5.96. The van der Waals surface area contributed by atoms with Gasteiger partial charge in [0, 0.05) is 11.3 Å². The zero-order valence-electron chi connectivity index (χ0n) is 16.7. The molecule has 3 rings (SSSR count). The van der Waals surface area contributed by atoms with Gasteiger partial charge >= 0.3 is 5.97 Å². The smallest absolute Gasteiger partial charge is 0.345 e. The summed E-state index contributed by atoms with van der Waals surface area (Å²) in [5.41, 5.74) is 3.08. The van der Waals surface area contributed by atoms with Crippen molar-refractivity contribution in [3.63, 3.8) is 0 Å². The Morgan fingerprint density at radius 2 is 1.67 bits per heavy atom. The number of esters is 1. The van der Waals surface area contributed by atoms with E-state index in [1.807, 2.05) is 38.1 Å². The second-order valence-electron chi connectivity index (χ2n) is 6.83. The molecule has 0 bridgehead atoms. The molecule has 5 nitrogen and oxygen atoms in total. The third-order valence-electron chi connectivity index (χ3n) is 4.41. The van der Waals surface area contributed by atoms with Crippen molar-refractivity contribution in [1.29, 1.82) is 0 Å². The first-order valence-corrected chi connectivity index (χ1v) is 9.43. The highest BCUT2D eigenvalue weighted by Gasteiger charge is 2.25. The molecule has 30 heavy (non-hydrogen) atoms. The first kappa shape index (κ1) is 21.0. The van der Waals surface area contributed by atoms with E-state index >= 15 is 0 Å².